The zero-order valence-electron chi connectivity index (χ0n) is 16.6. The normalized spacial score (nSPS) is 14.2. The molecule has 7 heteroatoms. The molecule has 1 aromatic heterocycles. The SMILES string of the molecule is CCCN(CCC)c1nccc(C(=O)N2CCN(c3ccccc3F)CC2)n1. The number of carbonyl (C=O) groups is 1. The van der Waals surface area contributed by atoms with Crippen molar-refractivity contribution in [1.29, 1.82) is 0 Å². The van der Waals surface area contributed by atoms with E-state index in [1.807, 2.05) is 11.0 Å². The molecule has 28 heavy (non-hydrogen) atoms. The van der Waals surface area contributed by atoms with Crippen LogP contribution in [-0.2, 0) is 0 Å². The topological polar surface area (TPSA) is 52.6 Å². The molecule has 2 heterocycles. The van der Waals surface area contributed by atoms with Crippen LogP contribution in [0.15, 0.2) is 36.5 Å². The lowest BCUT2D eigenvalue weighted by Gasteiger charge is -2.36. The number of piperazine rings is 1. The zero-order chi connectivity index (χ0) is 19.9. The fraction of sp³-hybridized carbons (Fsp3) is 0.476. The summed E-state index contributed by atoms with van der Waals surface area (Å²) < 4.78 is 14.0. The summed E-state index contributed by atoms with van der Waals surface area (Å²) >= 11 is 0. The standard InChI is InChI=1S/C21H28FN5O/c1-3-11-27(12-4-2)21-23-10-9-18(24-21)20(28)26-15-13-25(14-16-26)19-8-6-5-7-17(19)22/h5-10H,3-4,11-16H2,1-2H3. The summed E-state index contributed by atoms with van der Waals surface area (Å²) in [5, 5.41) is 0. The Bertz CT molecular complexity index is 786. The predicted molar refractivity (Wildman–Crippen MR) is 109 cm³/mol. The van der Waals surface area contributed by atoms with E-state index < -0.39 is 0 Å². The van der Waals surface area contributed by atoms with Gasteiger partial charge in [-0.25, -0.2) is 14.4 Å². The van der Waals surface area contributed by atoms with Gasteiger partial charge in [-0.05, 0) is 31.0 Å². The van der Waals surface area contributed by atoms with Gasteiger partial charge in [0.05, 0.1) is 5.69 Å². The Morgan fingerprint density at radius 3 is 2.39 bits per heavy atom. The third kappa shape index (κ3) is 4.58. The highest BCUT2D eigenvalue weighted by Crippen LogP contribution is 2.21. The number of hydrogen-bond donors (Lipinski definition) is 0. The summed E-state index contributed by atoms with van der Waals surface area (Å²) in [5.74, 6) is 0.291. The third-order valence-electron chi connectivity index (χ3n) is 4.89. The molecule has 1 aromatic carbocycles. The lowest BCUT2D eigenvalue weighted by molar-refractivity contribution is 0.0740. The molecule has 0 radical (unpaired) electrons. The zero-order valence-corrected chi connectivity index (χ0v) is 16.6. The second-order valence-corrected chi connectivity index (χ2v) is 6.96. The molecular weight excluding hydrogens is 357 g/mol. The van der Waals surface area contributed by atoms with Crippen LogP contribution in [0, 0.1) is 5.82 Å². The molecule has 150 valence electrons. The predicted octanol–water partition coefficient (Wildman–Crippen LogP) is 3.20. The molecule has 1 aliphatic rings. The van der Waals surface area contributed by atoms with Crippen LogP contribution in [0.3, 0.4) is 0 Å². The first-order valence-corrected chi connectivity index (χ1v) is 10.0. The number of halogens is 1. The van der Waals surface area contributed by atoms with Gasteiger partial charge in [-0.3, -0.25) is 4.79 Å². The highest BCUT2D eigenvalue weighted by Gasteiger charge is 2.25. The summed E-state index contributed by atoms with van der Waals surface area (Å²) in [6.45, 7) is 8.25. The molecule has 1 fully saturated rings. The maximum Gasteiger partial charge on any atom is 0.272 e. The Morgan fingerprint density at radius 1 is 1.07 bits per heavy atom. The number of hydrogen-bond acceptors (Lipinski definition) is 5. The van der Waals surface area contributed by atoms with Crippen LogP contribution in [0.25, 0.3) is 0 Å². The van der Waals surface area contributed by atoms with E-state index in [-0.39, 0.29) is 11.7 Å². The van der Waals surface area contributed by atoms with Crippen molar-refractivity contribution in [2.75, 3.05) is 49.1 Å². The highest BCUT2D eigenvalue weighted by atomic mass is 19.1. The number of nitrogens with zero attached hydrogens (tertiary/aromatic N) is 5. The number of para-hydroxylation sites is 1. The van der Waals surface area contributed by atoms with Gasteiger partial charge in [0.2, 0.25) is 5.95 Å². The molecule has 0 bridgehead atoms. The molecule has 1 amide bonds. The number of anilines is 2. The molecule has 3 rings (SSSR count). The minimum Gasteiger partial charge on any atom is -0.366 e. The molecule has 6 nitrogen and oxygen atoms in total. The maximum atomic E-state index is 14.0. The quantitative estimate of drug-likeness (QED) is 0.733. The maximum absolute atomic E-state index is 14.0. The minimum absolute atomic E-state index is 0.0928. The molecule has 0 N–H and O–H groups in total. The average molecular weight is 385 g/mol. The van der Waals surface area contributed by atoms with Crippen LogP contribution in [0.1, 0.15) is 37.2 Å². The second kappa shape index (κ2) is 9.48. The number of amides is 1. The van der Waals surface area contributed by atoms with E-state index in [1.54, 1.807) is 29.3 Å². The van der Waals surface area contributed by atoms with Crippen LogP contribution in [0.4, 0.5) is 16.0 Å². The van der Waals surface area contributed by atoms with Crippen molar-refractivity contribution in [1.82, 2.24) is 14.9 Å². The first-order valence-electron chi connectivity index (χ1n) is 10.0. The molecule has 0 saturated carbocycles. The minimum atomic E-state index is -0.227. The third-order valence-corrected chi connectivity index (χ3v) is 4.89. The van der Waals surface area contributed by atoms with Crippen LogP contribution >= 0.6 is 0 Å². The van der Waals surface area contributed by atoms with Crippen molar-refractivity contribution < 1.29 is 9.18 Å². The largest absolute Gasteiger partial charge is 0.366 e. The number of benzene rings is 1. The van der Waals surface area contributed by atoms with Crippen molar-refractivity contribution >= 4 is 17.5 Å². The number of rotatable bonds is 7. The fourth-order valence-corrected chi connectivity index (χ4v) is 3.49. The second-order valence-electron chi connectivity index (χ2n) is 6.96. The van der Waals surface area contributed by atoms with Gasteiger partial charge >= 0.3 is 0 Å². The summed E-state index contributed by atoms with van der Waals surface area (Å²) in [6.07, 6.45) is 3.66. The number of carbonyl (C=O) groups excluding carboxylic acids is 1. The van der Waals surface area contributed by atoms with Gasteiger partial charge in [-0.15, -0.1) is 0 Å². The first kappa shape index (κ1) is 20.0. The molecular formula is C21H28FN5O. The van der Waals surface area contributed by atoms with E-state index >= 15 is 0 Å². The van der Waals surface area contributed by atoms with Crippen LogP contribution in [-0.4, -0.2) is 60.0 Å². The van der Waals surface area contributed by atoms with Crippen molar-refractivity contribution in [2.24, 2.45) is 0 Å². The van der Waals surface area contributed by atoms with E-state index in [9.17, 15) is 9.18 Å². The van der Waals surface area contributed by atoms with Gasteiger partial charge in [0.15, 0.2) is 0 Å². The van der Waals surface area contributed by atoms with E-state index in [0.717, 1.165) is 25.9 Å². The van der Waals surface area contributed by atoms with Crippen LogP contribution in [0.5, 0.6) is 0 Å². The van der Waals surface area contributed by atoms with E-state index in [4.69, 9.17) is 0 Å². The number of aromatic nitrogens is 2. The van der Waals surface area contributed by atoms with Crippen molar-refractivity contribution in [3.8, 4) is 0 Å². The van der Waals surface area contributed by atoms with Gasteiger partial charge < -0.3 is 14.7 Å². The Morgan fingerprint density at radius 2 is 1.75 bits per heavy atom. The Kier molecular flexibility index (Phi) is 6.79. The molecule has 2 aromatic rings. The van der Waals surface area contributed by atoms with Crippen molar-refractivity contribution in [3.63, 3.8) is 0 Å². The smallest absolute Gasteiger partial charge is 0.272 e. The summed E-state index contributed by atoms with van der Waals surface area (Å²) in [6, 6.07) is 8.43. The summed E-state index contributed by atoms with van der Waals surface area (Å²) in [4.78, 5) is 27.7. The fourth-order valence-electron chi connectivity index (χ4n) is 3.49. The summed E-state index contributed by atoms with van der Waals surface area (Å²) in [5.41, 5.74) is 1.01. The van der Waals surface area contributed by atoms with Gasteiger partial charge in [-0.2, -0.15) is 0 Å². The van der Waals surface area contributed by atoms with E-state index in [0.29, 0.717) is 43.5 Å². The van der Waals surface area contributed by atoms with Gasteiger partial charge in [0, 0.05) is 45.5 Å². The molecule has 1 aliphatic heterocycles. The first-order chi connectivity index (χ1) is 13.6. The molecule has 0 atom stereocenters. The monoisotopic (exact) mass is 385 g/mol. The van der Waals surface area contributed by atoms with E-state index in [2.05, 4.69) is 28.7 Å². The molecule has 1 saturated heterocycles. The van der Waals surface area contributed by atoms with Gasteiger partial charge in [-0.1, -0.05) is 26.0 Å². The molecule has 0 spiro atoms. The van der Waals surface area contributed by atoms with Crippen molar-refractivity contribution in [2.45, 2.75) is 26.7 Å². The molecule has 0 aliphatic carbocycles. The summed E-state index contributed by atoms with van der Waals surface area (Å²) in [7, 11) is 0. The van der Waals surface area contributed by atoms with Gasteiger partial charge in [0.25, 0.3) is 5.91 Å². The average Bonchev–Trinajstić information content (AvgIpc) is 2.74. The lowest BCUT2D eigenvalue weighted by atomic mass is 10.2. The van der Waals surface area contributed by atoms with Crippen LogP contribution < -0.4 is 9.80 Å². The Hall–Kier alpha value is -2.70. The van der Waals surface area contributed by atoms with Crippen LogP contribution in [0.2, 0.25) is 0 Å². The highest BCUT2D eigenvalue weighted by molar-refractivity contribution is 5.92. The molecule has 0 unspecified atom stereocenters. The lowest BCUT2D eigenvalue weighted by Crippen LogP contribution is -2.49. The van der Waals surface area contributed by atoms with Gasteiger partial charge in [0.1, 0.15) is 11.5 Å². The Balaban J connectivity index is 1.67. The van der Waals surface area contributed by atoms with Crippen molar-refractivity contribution in [3.05, 3.63) is 48.0 Å². The Labute approximate surface area is 166 Å². The van der Waals surface area contributed by atoms with E-state index in [1.165, 1.54) is 6.07 Å².